The van der Waals surface area contributed by atoms with Crippen molar-refractivity contribution in [1.29, 1.82) is 0 Å². The Labute approximate surface area is 163 Å². The molecule has 1 heterocycles. The van der Waals surface area contributed by atoms with Crippen molar-refractivity contribution in [1.82, 2.24) is 15.5 Å². The molecule has 154 valence electrons. The summed E-state index contributed by atoms with van der Waals surface area (Å²) in [7, 11) is 0. The van der Waals surface area contributed by atoms with E-state index in [1.807, 2.05) is 0 Å². The van der Waals surface area contributed by atoms with Gasteiger partial charge in [0.25, 0.3) is 5.91 Å². The van der Waals surface area contributed by atoms with E-state index in [1.54, 1.807) is 18.7 Å². The van der Waals surface area contributed by atoms with Crippen LogP contribution in [-0.4, -0.2) is 48.3 Å². The van der Waals surface area contributed by atoms with Crippen molar-refractivity contribution in [2.24, 2.45) is 5.92 Å². The number of carbonyl (C=O) groups excluding carboxylic acids is 3. The highest BCUT2D eigenvalue weighted by Crippen LogP contribution is 2.13. The third kappa shape index (κ3) is 5.74. The van der Waals surface area contributed by atoms with E-state index in [-0.39, 0.29) is 24.8 Å². The largest absolute Gasteiger partial charge is 0.354 e. The minimum atomic E-state index is -0.993. The van der Waals surface area contributed by atoms with E-state index in [0.717, 1.165) is 50.6 Å². The average Bonchev–Trinajstić information content (AvgIpc) is 2.66. The molecule has 1 aromatic carbocycles. The van der Waals surface area contributed by atoms with Gasteiger partial charge in [-0.25, -0.2) is 8.78 Å². The number of likely N-dealkylation sites (tertiary alicyclic amines) is 1. The fourth-order valence-corrected chi connectivity index (χ4v) is 3.17. The molecule has 0 saturated carbocycles. The van der Waals surface area contributed by atoms with E-state index in [1.165, 1.54) is 0 Å². The van der Waals surface area contributed by atoms with Crippen molar-refractivity contribution >= 4 is 17.7 Å². The molecule has 2 rings (SSSR count). The molecule has 1 saturated heterocycles. The fraction of sp³-hybridized carbons (Fsp3) is 0.550. The number of nitrogens with one attached hydrogen (secondary N) is 2. The monoisotopic (exact) mass is 395 g/mol. The van der Waals surface area contributed by atoms with Crippen LogP contribution in [0.3, 0.4) is 0 Å². The van der Waals surface area contributed by atoms with Gasteiger partial charge in [-0.2, -0.15) is 0 Å². The second kappa shape index (κ2) is 10.1. The van der Waals surface area contributed by atoms with E-state index < -0.39 is 35.1 Å². The summed E-state index contributed by atoms with van der Waals surface area (Å²) in [6.07, 6.45) is 3.28. The molecule has 1 unspecified atom stereocenters. The summed E-state index contributed by atoms with van der Waals surface area (Å²) in [5.41, 5.74) is -0.721. The van der Waals surface area contributed by atoms with Crippen LogP contribution in [0.5, 0.6) is 0 Å². The van der Waals surface area contributed by atoms with Crippen LogP contribution in [0.2, 0.25) is 0 Å². The maximum absolute atomic E-state index is 13.8. The number of piperidine rings is 1. The first-order chi connectivity index (χ1) is 13.3. The Morgan fingerprint density at radius 1 is 1.07 bits per heavy atom. The maximum atomic E-state index is 13.8. The number of benzene rings is 1. The van der Waals surface area contributed by atoms with Crippen LogP contribution < -0.4 is 10.6 Å². The highest BCUT2D eigenvalue weighted by molar-refractivity contribution is 5.98. The first-order valence-corrected chi connectivity index (χ1v) is 9.61. The lowest BCUT2D eigenvalue weighted by Crippen LogP contribution is -2.50. The molecule has 0 radical (unpaired) electrons. The van der Waals surface area contributed by atoms with Gasteiger partial charge < -0.3 is 15.5 Å². The van der Waals surface area contributed by atoms with Gasteiger partial charge >= 0.3 is 0 Å². The number of amides is 3. The lowest BCUT2D eigenvalue weighted by molar-refractivity contribution is -0.132. The van der Waals surface area contributed by atoms with Crippen molar-refractivity contribution in [3.63, 3.8) is 0 Å². The topological polar surface area (TPSA) is 78.5 Å². The van der Waals surface area contributed by atoms with Crippen LogP contribution in [-0.2, 0) is 9.59 Å². The van der Waals surface area contributed by atoms with E-state index in [2.05, 4.69) is 10.6 Å². The van der Waals surface area contributed by atoms with E-state index in [4.69, 9.17) is 0 Å². The maximum Gasteiger partial charge on any atom is 0.257 e. The standard InChI is InChI=1S/C20H27F2N3O3/c1-13(2)18(24-19(27)17-14(21)7-6-8-15(17)22)20(28)23-10-9-16(26)25-11-4-3-5-12-25/h6-8,13,18H,3-5,9-12H2,1-2H3,(H,23,28)(H,24,27). The molecule has 1 aliphatic heterocycles. The molecule has 3 amide bonds. The van der Waals surface area contributed by atoms with E-state index in [0.29, 0.717) is 0 Å². The van der Waals surface area contributed by atoms with Gasteiger partial charge in [0, 0.05) is 26.1 Å². The van der Waals surface area contributed by atoms with Gasteiger partial charge in [0.05, 0.1) is 0 Å². The van der Waals surface area contributed by atoms with Crippen LogP contribution in [0, 0.1) is 17.6 Å². The number of rotatable bonds is 7. The third-order valence-corrected chi connectivity index (χ3v) is 4.77. The Kier molecular flexibility index (Phi) is 7.90. The first kappa shape index (κ1) is 21.8. The molecule has 1 atom stereocenters. The SMILES string of the molecule is CC(C)C(NC(=O)c1c(F)cccc1F)C(=O)NCCC(=O)N1CCCCC1. The van der Waals surface area contributed by atoms with Crippen LogP contribution in [0.4, 0.5) is 8.78 Å². The zero-order valence-corrected chi connectivity index (χ0v) is 16.3. The van der Waals surface area contributed by atoms with Crippen LogP contribution in [0.1, 0.15) is 49.9 Å². The summed E-state index contributed by atoms with van der Waals surface area (Å²) in [5.74, 6) is -3.80. The zero-order valence-electron chi connectivity index (χ0n) is 16.3. The Balaban J connectivity index is 1.91. The summed E-state index contributed by atoms with van der Waals surface area (Å²) in [4.78, 5) is 38.6. The Hall–Kier alpha value is -2.51. The van der Waals surface area contributed by atoms with Gasteiger partial charge in [-0.15, -0.1) is 0 Å². The number of halogens is 2. The Morgan fingerprint density at radius 2 is 1.68 bits per heavy atom. The number of hydrogen-bond donors (Lipinski definition) is 2. The second-order valence-corrected chi connectivity index (χ2v) is 7.27. The quantitative estimate of drug-likeness (QED) is 0.743. The minimum Gasteiger partial charge on any atom is -0.354 e. The molecule has 1 aliphatic rings. The van der Waals surface area contributed by atoms with Gasteiger partial charge in [-0.1, -0.05) is 19.9 Å². The molecule has 28 heavy (non-hydrogen) atoms. The Bertz CT molecular complexity index is 698. The van der Waals surface area contributed by atoms with E-state index >= 15 is 0 Å². The smallest absolute Gasteiger partial charge is 0.257 e. The molecule has 1 fully saturated rings. The number of hydrogen-bond acceptors (Lipinski definition) is 3. The minimum absolute atomic E-state index is 0.0152. The molecule has 0 aromatic heterocycles. The summed E-state index contributed by atoms with van der Waals surface area (Å²) in [6.45, 7) is 5.04. The summed E-state index contributed by atoms with van der Waals surface area (Å²) in [5, 5.41) is 5.02. The van der Waals surface area contributed by atoms with Gasteiger partial charge in [-0.3, -0.25) is 14.4 Å². The van der Waals surface area contributed by atoms with Crippen LogP contribution in [0.15, 0.2) is 18.2 Å². The highest BCUT2D eigenvalue weighted by Gasteiger charge is 2.27. The fourth-order valence-electron chi connectivity index (χ4n) is 3.17. The zero-order chi connectivity index (χ0) is 20.7. The highest BCUT2D eigenvalue weighted by atomic mass is 19.1. The first-order valence-electron chi connectivity index (χ1n) is 9.61. The second-order valence-electron chi connectivity index (χ2n) is 7.27. The molecule has 0 spiro atoms. The average molecular weight is 395 g/mol. The molecule has 6 nitrogen and oxygen atoms in total. The van der Waals surface area contributed by atoms with Crippen molar-refractivity contribution in [2.75, 3.05) is 19.6 Å². The molecular formula is C20H27F2N3O3. The number of carbonyl (C=O) groups is 3. The summed E-state index contributed by atoms with van der Waals surface area (Å²) >= 11 is 0. The lowest BCUT2D eigenvalue weighted by Gasteiger charge is -2.27. The van der Waals surface area contributed by atoms with Gasteiger partial charge in [-0.05, 0) is 37.3 Å². The van der Waals surface area contributed by atoms with Crippen molar-refractivity contribution in [3.05, 3.63) is 35.4 Å². The van der Waals surface area contributed by atoms with Gasteiger partial charge in [0.1, 0.15) is 23.2 Å². The normalized spacial score (nSPS) is 15.2. The van der Waals surface area contributed by atoms with Crippen LogP contribution >= 0.6 is 0 Å². The van der Waals surface area contributed by atoms with Gasteiger partial charge in [0.2, 0.25) is 11.8 Å². The molecule has 8 heteroatoms. The molecular weight excluding hydrogens is 368 g/mol. The summed E-state index contributed by atoms with van der Waals surface area (Å²) in [6, 6.07) is 2.15. The summed E-state index contributed by atoms with van der Waals surface area (Å²) < 4.78 is 27.6. The van der Waals surface area contributed by atoms with Crippen molar-refractivity contribution in [3.8, 4) is 0 Å². The molecule has 1 aromatic rings. The Morgan fingerprint density at radius 3 is 2.25 bits per heavy atom. The number of nitrogens with zero attached hydrogens (tertiary/aromatic N) is 1. The van der Waals surface area contributed by atoms with Crippen molar-refractivity contribution < 1.29 is 23.2 Å². The predicted octanol–water partition coefficient (Wildman–Crippen LogP) is 2.24. The van der Waals surface area contributed by atoms with Crippen molar-refractivity contribution in [2.45, 2.75) is 45.6 Å². The van der Waals surface area contributed by atoms with Gasteiger partial charge in [0.15, 0.2) is 0 Å². The van der Waals surface area contributed by atoms with Crippen LogP contribution in [0.25, 0.3) is 0 Å². The third-order valence-electron chi connectivity index (χ3n) is 4.77. The molecule has 0 bridgehead atoms. The molecule has 2 N–H and O–H groups in total. The molecule has 0 aliphatic carbocycles. The predicted molar refractivity (Wildman–Crippen MR) is 101 cm³/mol. The lowest BCUT2D eigenvalue weighted by atomic mass is 10.0. The van der Waals surface area contributed by atoms with E-state index in [9.17, 15) is 23.2 Å².